The van der Waals surface area contributed by atoms with Gasteiger partial charge in [-0.15, -0.1) is 0 Å². The van der Waals surface area contributed by atoms with Gasteiger partial charge in [0.25, 0.3) is 0 Å². The highest BCUT2D eigenvalue weighted by Gasteiger charge is 2.48. The molecule has 6 heteroatoms. The van der Waals surface area contributed by atoms with E-state index in [1.807, 2.05) is 0 Å². The van der Waals surface area contributed by atoms with Crippen molar-refractivity contribution in [1.29, 1.82) is 0 Å². The van der Waals surface area contributed by atoms with Crippen molar-refractivity contribution in [1.82, 2.24) is 10.3 Å². The highest BCUT2D eigenvalue weighted by molar-refractivity contribution is 5.89. The van der Waals surface area contributed by atoms with E-state index < -0.39 is 11.9 Å². The molecule has 1 saturated carbocycles. The van der Waals surface area contributed by atoms with Crippen molar-refractivity contribution < 1.29 is 19.4 Å². The number of carboxylic acids is 1. The summed E-state index contributed by atoms with van der Waals surface area (Å²) in [5, 5.41) is 11.4. The number of ether oxygens (including phenoxy) is 1. The Hall–Kier alpha value is -2.11. The summed E-state index contributed by atoms with van der Waals surface area (Å²) in [7, 11) is 1.52. The summed E-state index contributed by atoms with van der Waals surface area (Å²) >= 11 is 0. The van der Waals surface area contributed by atoms with Crippen LogP contribution in [0.4, 0.5) is 0 Å². The molecule has 0 aliphatic heterocycles. The molecule has 0 unspecified atom stereocenters. The lowest BCUT2D eigenvalue weighted by atomic mass is 10.2. The van der Waals surface area contributed by atoms with Crippen LogP contribution in [0.1, 0.15) is 12.0 Å². The number of carbonyl (C=O) groups is 2. The Morgan fingerprint density at radius 2 is 2.33 bits per heavy atom. The van der Waals surface area contributed by atoms with Gasteiger partial charge in [-0.2, -0.15) is 0 Å². The van der Waals surface area contributed by atoms with Crippen LogP contribution in [0, 0.1) is 11.8 Å². The molecule has 6 nitrogen and oxygen atoms in total. The Kier molecular flexibility index (Phi) is 3.45. The highest BCUT2D eigenvalue weighted by Crippen LogP contribution is 2.38. The second-order valence-electron chi connectivity index (χ2n) is 4.21. The Balaban J connectivity index is 1.84. The molecule has 1 aromatic rings. The predicted molar refractivity (Wildman–Crippen MR) is 61.9 cm³/mol. The van der Waals surface area contributed by atoms with Gasteiger partial charge in [0.15, 0.2) is 0 Å². The Morgan fingerprint density at radius 1 is 1.56 bits per heavy atom. The standard InChI is InChI=1S/C12H14N2O4/c1-18-10-4-7(2-3-13-10)6-14-11(15)8-5-9(8)12(16)17/h2-4,8-9H,5-6H2,1H3,(H,14,15)(H,16,17)/t8-,9+/m1/s1. The quantitative estimate of drug-likeness (QED) is 0.791. The van der Waals surface area contributed by atoms with Crippen LogP contribution in [0.2, 0.25) is 0 Å². The molecule has 1 amide bonds. The maximum Gasteiger partial charge on any atom is 0.307 e. The minimum Gasteiger partial charge on any atom is -0.481 e. The average molecular weight is 250 g/mol. The van der Waals surface area contributed by atoms with Crippen LogP contribution >= 0.6 is 0 Å². The normalized spacial score (nSPS) is 21.2. The molecule has 2 rings (SSSR count). The van der Waals surface area contributed by atoms with Gasteiger partial charge in [0, 0.05) is 18.8 Å². The number of nitrogens with one attached hydrogen (secondary N) is 1. The van der Waals surface area contributed by atoms with Crippen LogP contribution in [0.15, 0.2) is 18.3 Å². The first-order valence-electron chi connectivity index (χ1n) is 5.61. The molecule has 2 atom stereocenters. The van der Waals surface area contributed by atoms with Crippen LogP contribution in [-0.2, 0) is 16.1 Å². The van der Waals surface area contributed by atoms with Gasteiger partial charge >= 0.3 is 5.97 Å². The fourth-order valence-electron chi connectivity index (χ4n) is 1.75. The second kappa shape index (κ2) is 5.03. The molecule has 0 bridgehead atoms. The van der Waals surface area contributed by atoms with Gasteiger partial charge in [0.05, 0.1) is 18.9 Å². The van der Waals surface area contributed by atoms with Crippen molar-refractivity contribution in [2.75, 3.05) is 7.11 Å². The van der Waals surface area contributed by atoms with Gasteiger partial charge in [-0.25, -0.2) is 4.98 Å². The lowest BCUT2D eigenvalue weighted by Crippen LogP contribution is -2.25. The van der Waals surface area contributed by atoms with Gasteiger partial charge in [-0.3, -0.25) is 9.59 Å². The first-order chi connectivity index (χ1) is 8.61. The summed E-state index contributed by atoms with van der Waals surface area (Å²) in [6.45, 7) is 0.348. The van der Waals surface area contributed by atoms with Gasteiger partial charge in [0.1, 0.15) is 0 Å². The molecule has 0 radical (unpaired) electrons. The van der Waals surface area contributed by atoms with Gasteiger partial charge in [0.2, 0.25) is 11.8 Å². The number of aromatic nitrogens is 1. The fourth-order valence-corrected chi connectivity index (χ4v) is 1.75. The maximum atomic E-state index is 11.6. The Bertz CT molecular complexity index is 475. The van der Waals surface area contributed by atoms with E-state index in [1.165, 1.54) is 7.11 Å². The number of aliphatic carboxylic acids is 1. The maximum absolute atomic E-state index is 11.6. The SMILES string of the molecule is COc1cc(CNC(=O)[C@@H]2C[C@@H]2C(=O)O)ccn1. The smallest absolute Gasteiger partial charge is 0.307 e. The molecule has 0 spiro atoms. The lowest BCUT2D eigenvalue weighted by molar-refractivity contribution is -0.140. The van der Waals surface area contributed by atoms with Crippen LogP contribution < -0.4 is 10.1 Å². The number of hydrogen-bond donors (Lipinski definition) is 2. The zero-order valence-electron chi connectivity index (χ0n) is 9.92. The van der Waals surface area contributed by atoms with Crippen LogP contribution in [0.3, 0.4) is 0 Å². The second-order valence-corrected chi connectivity index (χ2v) is 4.21. The van der Waals surface area contributed by atoms with Crippen molar-refractivity contribution in [3.05, 3.63) is 23.9 Å². The average Bonchev–Trinajstić information content (AvgIpc) is 3.16. The molecule has 1 aliphatic rings. The summed E-state index contributed by atoms with van der Waals surface area (Å²) in [6.07, 6.45) is 2.03. The van der Waals surface area contributed by atoms with Crippen LogP contribution in [0.25, 0.3) is 0 Å². The third-order valence-electron chi connectivity index (χ3n) is 2.92. The number of hydrogen-bond acceptors (Lipinski definition) is 4. The van der Waals surface area contributed by atoms with Crippen molar-refractivity contribution in [2.24, 2.45) is 11.8 Å². The van der Waals surface area contributed by atoms with Crippen LogP contribution in [-0.4, -0.2) is 29.1 Å². The largest absolute Gasteiger partial charge is 0.481 e. The number of methoxy groups -OCH3 is 1. The van der Waals surface area contributed by atoms with E-state index in [4.69, 9.17) is 9.84 Å². The summed E-state index contributed by atoms with van der Waals surface area (Å²) in [4.78, 5) is 26.2. The van der Waals surface area contributed by atoms with E-state index in [9.17, 15) is 9.59 Å². The van der Waals surface area contributed by atoms with E-state index in [-0.39, 0.29) is 11.8 Å². The molecule has 18 heavy (non-hydrogen) atoms. The summed E-state index contributed by atoms with van der Waals surface area (Å²) < 4.78 is 4.97. The fraction of sp³-hybridized carbons (Fsp3) is 0.417. The van der Waals surface area contributed by atoms with Crippen molar-refractivity contribution >= 4 is 11.9 Å². The van der Waals surface area contributed by atoms with E-state index in [0.29, 0.717) is 18.8 Å². The van der Waals surface area contributed by atoms with Gasteiger partial charge < -0.3 is 15.2 Å². The predicted octanol–water partition coefficient (Wildman–Crippen LogP) is 0.427. The minimum absolute atomic E-state index is 0.210. The number of rotatable bonds is 5. The Labute approximate surface area is 104 Å². The zero-order chi connectivity index (χ0) is 13.1. The summed E-state index contributed by atoms with van der Waals surface area (Å²) in [5.41, 5.74) is 0.864. The molecule has 96 valence electrons. The first kappa shape index (κ1) is 12.3. The number of carboxylic acid groups (broad SMARTS) is 1. The number of nitrogens with zero attached hydrogens (tertiary/aromatic N) is 1. The molecule has 0 aromatic carbocycles. The van der Waals surface area contributed by atoms with E-state index in [1.54, 1.807) is 18.3 Å². The molecular formula is C12H14N2O4. The third-order valence-corrected chi connectivity index (χ3v) is 2.92. The minimum atomic E-state index is -0.902. The molecule has 1 aromatic heterocycles. The van der Waals surface area contributed by atoms with Crippen molar-refractivity contribution in [3.63, 3.8) is 0 Å². The van der Waals surface area contributed by atoms with Gasteiger partial charge in [-0.1, -0.05) is 0 Å². The lowest BCUT2D eigenvalue weighted by Gasteiger charge is -2.05. The van der Waals surface area contributed by atoms with Crippen molar-refractivity contribution in [3.8, 4) is 5.88 Å². The monoisotopic (exact) mass is 250 g/mol. The van der Waals surface area contributed by atoms with E-state index in [0.717, 1.165) is 5.56 Å². The molecule has 0 saturated heterocycles. The highest BCUT2D eigenvalue weighted by atomic mass is 16.5. The Morgan fingerprint density at radius 3 is 2.94 bits per heavy atom. The third kappa shape index (κ3) is 2.77. The molecule has 2 N–H and O–H groups in total. The topological polar surface area (TPSA) is 88.5 Å². The number of pyridine rings is 1. The van der Waals surface area contributed by atoms with Gasteiger partial charge in [-0.05, 0) is 18.1 Å². The molecular weight excluding hydrogens is 236 g/mol. The number of carbonyl (C=O) groups excluding carboxylic acids is 1. The molecule has 1 aliphatic carbocycles. The molecule has 1 fully saturated rings. The zero-order valence-corrected chi connectivity index (χ0v) is 9.92. The van der Waals surface area contributed by atoms with Crippen molar-refractivity contribution in [2.45, 2.75) is 13.0 Å². The van der Waals surface area contributed by atoms with Crippen LogP contribution in [0.5, 0.6) is 5.88 Å². The molecule has 1 heterocycles. The van der Waals surface area contributed by atoms with E-state index in [2.05, 4.69) is 10.3 Å². The summed E-state index contributed by atoms with van der Waals surface area (Å²) in [6, 6.07) is 3.49. The summed E-state index contributed by atoms with van der Waals surface area (Å²) in [5.74, 6) is -1.53. The van der Waals surface area contributed by atoms with E-state index >= 15 is 0 Å². The number of amides is 1. The first-order valence-corrected chi connectivity index (χ1v) is 5.61.